The fourth-order valence-corrected chi connectivity index (χ4v) is 2.66. The molecule has 1 heterocycles. The summed E-state index contributed by atoms with van der Waals surface area (Å²) in [6.07, 6.45) is 5.74. The predicted octanol–water partition coefficient (Wildman–Crippen LogP) is 2.81. The summed E-state index contributed by atoms with van der Waals surface area (Å²) >= 11 is 0. The topological polar surface area (TPSA) is 81.2 Å². The number of oxazole rings is 1. The fourth-order valence-electron chi connectivity index (χ4n) is 2.66. The lowest BCUT2D eigenvalue weighted by atomic mass is 9.96. The van der Waals surface area contributed by atoms with E-state index in [-0.39, 0.29) is 11.1 Å². The maximum atomic E-state index is 13.4. The second-order valence-corrected chi connectivity index (χ2v) is 5.16. The Bertz CT molecular complexity index is 647. The van der Waals surface area contributed by atoms with Crippen molar-refractivity contribution in [2.24, 2.45) is 5.73 Å². The zero-order valence-corrected chi connectivity index (χ0v) is 11.0. The Morgan fingerprint density at radius 2 is 2.10 bits per heavy atom. The number of nitrogens with one attached hydrogen (secondary N) is 1. The van der Waals surface area contributed by atoms with Crippen LogP contribution in [0.2, 0.25) is 0 Å². The molecule has 6 heteroatoms. The molecular weight excluding hydrogens is 261 g/mol. The third-order valence-corrected chi connectivity index (χ3v) is 3.65. The minimum Gasteiger partial charge on any atom is -0.423 e. The summed E-state index contributed by atoms with van der Waals surface area (Å²) in [7, 11) is 0. The molecule has 1 aromatic heterocycles. The van der Waals surface area contributed by atoms with Crippen LogP contribution in [-0.4, -0.2) is 16.9 Å². The van der Waals surface area contributed by atoms with Gasteiger partial charge in [-0.2, -0.15) is 4.98 Å². The number of rotatable bonds is 3. The third kappa shape index (κ3) is 2.45. The normalized spacial score (nSPS) is 16.4. The lowest BCUT2D eigenvalue weighted by molar-refractivity contribution is 0.100. The number of primary amides is 1. The first-order valence-electron chi connectivity index (χ1n) is 6.80. The first-order chi connectivity index (χ1) is 9.63. The van der Waals surface area contributed by atoms with Crippen LogP contribution < -0.4 is 11.1 Å². The van der Waals surface area contributed by atoms with Gasteiger partial charge < -0.3 is 15.5 Å². The SMILES string of the molecule is NC(=O)c1cc(F)cc2nc(NC3CCCCC3)oc12. The molecule has 1 aliphatic carbocycles. The van der Waals surface area contributed by atoms with Gasteiger partial charge in [-0.25, -0.2) is 4.39 Å². The van der Waals surface area contributed by atoms with Gasteiger partial charge in [-0.15, -0.1) is 0 Å². The average Bonchev–Trinajstić information content (AvgIpc) is 2.80. The van der Waals surface area contributed by atoms with Gasteiger partial charge in [0.2, 0.25) is 0 Å². The van der Waals surface area contributed by atoms with Gasteiger partial charge in [0, 0.05) is 12.1 Å². The van der Waals surface area contributed by atoms with Crippen molar-refractivity contribution in [3.8, 4) is 0 Å². The summed E-state index contributed by atoms with van der Waals surface area (Å²) in [5.41, 5.74) is 5.78. The Kier molecular flexibility index (Phi) is 3.30. The Balaban J connectivity index is 1.93. The van der Waals surface area contributed by atoms with Crippen molar-refractivity contribution in [2.45, 2.75) is 38.1 Å². The van der Waals surface area contributed by atoms with Gasteiger partial charge in [0.25, 0.3) is 11.9 Å². The molecule has 1 fully saturated rings. The summed E-state index contributed by atoms with van der Waals surface area (Å²) < 4.78 is 18.9. The Labute approximate surface area is 115 Å². The van der Waals surface area contributed by atoms with E-state index in [0.29, 0.717) is 17.6 Å². The lowest BCUT2D eigenvalue weighted by Gasteiger charge is -2.21. The Hall–Kier alpha value is -2.11. The van der Waals surface area contributed by atoms with E-state index in [1.54, 1.807) is 0 Å². The minimum absolute atomic E-state index is 0.0178. The molecular formula is C14H16FN3O2. The van der Waals surface area contributed by atoms with E-state index < -0.39 is 11.7 Å². The van der Waals surface area contributed by atoms with E-state index in [1.165, 1.54) is 25.3 Å². The van der Waals surface area contributed by atoms with Gasteiger partial charge in [0.05, 0.1) is 5.56 Å². The van der Waals surface area contributed by atoms with Crippen molar-refractivity contribution in [1.82, 2.24) is 4.98 Å². The number of carbonyl (C=O) groups is 1. The number of fused-ring (bicyclic) bond motifs is 1. The molecule has 0 unspecified atom stereocenters. The summed E-state index contributed by atoms with van der Waals surface area (Å²) in [5.74, 6) is -1.28. The molecule has 1 amide bonds. The number of halogens is 1. The second-order valence-electron chi connectivity index (χ2n) is 5.16. The minimum atomic E-state index is -0.727. The number of hydrogen-bond donors (Lipinski definition) is 2. The smallest absolute Gasteiger partial charge is 0.295 e. The lowest BCUT2D eigenvalue weighted by Crippen LogP contribution is -2.22. The molecule has 1 aromatic carbocycles. The van der Waals surface area contributed by atoms with Gasteiger partial charge in [0.15, 0.2) is 5.58 Å². The zero-order valence-electron chi connectivity index (χ0n) is 11.0. The third-order valence-electron chi connectivity index (χ3n) is 3.65. The van der Waals surface area contributed by atoms with E-state index in [4.69, 9.17) is 10.2 Å². The quantitative estimate of drug-likeness (QED) is 0.903. The zero-order chi connectivity index (χ0) is 14.1. The van der Waals surface area contributed by atoms with E-state index in [1.807, 2.05) is 0 Å². The number of amides is 1. The number of aromatic nitrogens is 1. The Morgan fingerprint density at radius 3 is 2.80 bits per heavy atom. The summed E-state index contributed by atoms with van der Waals surface area (Å²) in [5, 5.41) is 3.20. The fraction of sp³-hybridized carbons (Fsp3) is 0.429. The maximum absolute atomic E-state index is 13.4. The van der Waals surface area contributed by atoms with E-state index >= 15 is 0 Å². The average molecular weight is 277 g/mol. The van der Waals surface area contributed by atoms with Gasteiger partial charge in [-0.05, 0) is 18.9 Å². The van der Waals surface area contributed by atoms with Crippen LogP contribution >= 0.6 is 0 Å². The number of benzene rings is 1. The highest BCUT2D eigenvalue weighted by Gasteiger charge is 2.19. The molecule has 2 aromatic rings. The van der Waals surface area contributed by atoms with Gasteiger partial charge >= 0.3 is 0 Å². The summed E-state index contributed by atoms with van der Waals surface area (Å²) in [6, 6.07) is 2.94. The molecule has 1 saturated carbocycles. The number of carbonyl (C=O) groups excluding carboxylic acids is 1. The van der Waals surface area contributed by atoms with Crippen molar-refractivity contribution < 1.29 is 13.6 Å². The highest BCUT2D eigenvalue weighted by molar-refractivity contribution is 6.03. The molecule has 0 bridgehead atoms. The van der Waals surface area contributed by atoms with Crippen molar-refractivity contribution in [1.29, 1.82) is 0 Å². The highest BCUT2D eigenvalue weighted by Crippen LogP contribution is 2.26. The molecule has 3 N–H and O–H groups in total. The van der Waals surface area contributed by atoms with Crippen LogP contribution in [0.3, 0.4) is 0 Å². The first kappa shape index (κ1) is 12.9. The van der Waals surface area contributed by atoms with Gasteiger partial charge in [0.1, 0.15) is 11.3 Å². The van der Waals surface area contributed by atoms with Crippen LogP contribution in [0.4, 0.5) is 10.4 Å². The molecule has 0 spiro atoms. The van der Waals surface area contributed by atoms with Crippen LogP contribution in [0, 0.1) is 5.82 Å². The van der Waals surface area contributed by atoms with Crippen LogP contribution in [0.5, 0.6) is 0 Å². The standard InChI is InChI=1S/C14H16FN3O2/c15-8-6-10(13(16)19)12-11(7-8)18-14(20-12)17-9-4-2-1-3-5-9/h6-7,9H,1-5H2,(H2,16,19)(H,17,18). The van der Waals surface area contributed by atoms with Crippen LogP contribution in [0.1, 0.15) is 42.5 Å². The first-order valence-corrected chi connectivity index (χ1v) is 6.80. The molecule has 3 rings (SSSR count). The molecule has 20 heavy (non-hydrogen) atoms. The van der Waals surface area contributed by atoms with Crippen LogP contribution in [-0.2, 0) is 0 Å². The van der Waals surface area contributed by atoms with E-state index in [0.717, 1.165) is 18.9 Å². The van der Waals surface area contributed by atoms with Crippen LogP contribution in [0.25, 0.3) is 11.1 Å². The molecule has 106 valence electrons. The van der Waals surface area contributed by atoms with Gasteiger partial charge in [-0.1, -0.05) is 19.3 Å². The number of anilines is 1. The van der Waals surface area contributed by atoms with Crippen LogP contribution in [0.15, 0.2) is 16.5 Å². The van der Waals surface area contributed by atoms with Crippen molar-refractivity contribution in [3.63, 3.8) is 0 Å². The summed E-state index contributed by atoms with van der Waals surface area (Å²) in [6.45, 7) is 0. The molecule has 5 nitrogen and oxygen atoms in total. The van der Waals surface area contributed by atoms with Crippen molar-refractivity contribution in [2.75, 3.05) is 5.32 Å². The van der Waals surface area contributed by atoms with Crippen molar-refractivity contribution in [3.05, 3.63) is 23.5 Å². The highest BCUT2D eigenvalue weighted by atomic mass is 19.1. The van der Waals surface area contributed by atoms with E-state index in [9.17, 15) is 9.18 Å². The monoisotopic (exact) mass is 277 g/mol. The molecule has 0 saturated heterocycles. The Morgan fingerprint density at radius 1 is 1.35 bits per heavy atom. The largest absolute Gasteiger partial charge is 0.423 e. The molecule has 0 radical (unpaired) electrons. The predicted molar refractivity (Wildman–Crippen MR) is 73.0 cm³/mol. The number of hydrogen-bond acceptors (Lipinski definition) is 4. The molecule has 0 aliphatic heterocycles. The van der Waals surface area contributed by atoms with Gasteiger partial charge in [-0.3, -0.25) is 4.79 Å². The van der Waals surface area contributed by atoms with E-state index in [2.05, 4.69) is 10.3 Å². The second kappa shape index (κ2) is 5.11. The number of nitrogens with two attached hydrogens (primary N) is 1. The molecule has 0 atom stereocenters. The maximum Gasteiger partial charge on any atom is 0.295 e. The summed E-state index contributed by atoms with van der Waals surface area (Å²) in [4.78, 5) is 15.5. The molecule has 1 aliphatic rings. The van der Waals surface area contributed by atoms with Crippen molar-refractivity contribution >= 4 is 23.0 Å². The number of nitrogens with zero attached hydrogens (tertiary/aromatic N) is 1.